The number of nitrogens with zero attached hydrogens (tertiary/aromatic N) is 1. The van der Waals surface area contributed by atoms with Gasteiger partial charge < -0.3 is 4.90 Å². The van der Waals surface area contributed by atoms with Crippen LogP contribution in [0.4, 0.5) is 10.1 Å². The van der Waals surface area contributed by atoms with E-state index < -0.39 is 0 Å². The van der Waals surface area contributed by atoms with Gasteiger partial charge in [-0.1, -0.05) is 40.2 Å². The zero-order valence-corrected chi connectivity index (χ0v) is 12.0. The van der Waals surface area contributed by atoms with E-state index in [0.717, 1.165) is 4.47 Å². The molecular formula is C15H13BrFNO. The van der Waals surface area contributed by atoms with Crippen molar-refractivity contribution in [2.24, 2.45) is 0 Å². The molecule has 0 aliphatic carbocycles. The maximum atomic E-state index is 13.6. The molecule has 0 N–H and O–H groups in total. The summed E-state index contributed by atoms with van der Waals surface area (Å²) in [5.41, 5.74) is 1.03. The molecule has 0 saturated heterocycles. The molecule has 4 heteroatoms. The lowest BCUT2D eigenvalue weighted by Gasteiger charge is -2.19. The van der Waals surface area contributed by atoms with E-state index in [4.69, 9.17) is 0 Å². The fourth-order valence-corrected chi connectivity index (χ4v) is 2.21. The van der Waals surface area contributed by atoms with Crippen molar-refractivity contribution in [1.29, 1.82) is 0 Å². The molecule has 0 atom stereocenters. The molecule has 0 saturated carbocycles. The normalized spacial score (nSPS) is 10.3. The predicted octanol–water partition coefficient (Wildman–Crippen LogP) is 3.91. The Morgan fingerprint density at radius 3 is 2.63 bits per heavy atom. The van der Waals surface area contributed by atoms with E-state index >= 15 is 0 Å². The molecule has 0 aromatic heterocycles. The lowest BCUT2D eigenvalue weighted by atomic mass is 10.1. The number of halogens is 2. The van der Waals surface area contributed by atoms with Crippen LogP contribution in [0.15, 0.2) is 53.0 Å². The second-order valence-electron chi connectivity index (χ2n) is 4.24. The third-order valence-electron chi connectivity index (χ3n) is 2.79. The van der Waals surface area contributed by atoms with Crippen LogP contribution in [0.3, 0.4) is 0 Å². The van der Waals surface area contributed by atoms with Crippen LogP contribution in [0.2, 0.25) is 0 Å². The number of Topliss-reactive ketones (excluding diaryl/α,β-unsaturated/α-hetero) is 1. The molecule has 2 nitrogen and oxygen atoms in total. The number of anilines is 1. The van der Waals surface area contributed by atoms with Crippen LogP contribution in [0.5, 0.6) is 0 Å². The van der Waals surface area contributed by atoms with Crippen LogP contribution >= 0.6 is 15.9 Å². The second-order valence-corrected chi connectivity index (χ2v) is 5.16. The molecule has 0 unspecified atom stereocenters. The summed E-state index contributed by atoms with van der Waals surface area (Å²) >= 11 is 3.33. The lowest BCUT2D eigenvalue weighted by Crippen LogP contribution is -2.26. The first-order valence-corrected chi connectivity index (χ1v) is 6.61. The SMILES string of the molecule is CN(CC(=O)c1cccc(Br)c1)c1ccccc1F. The molecule has 0 amide bonds. The van der Waals surface area contributed by atoms with Gasteiger partial charge in [0.05, 0.1) is 12.2 Å². The largest absolute Gasteiger partial charge is 0.365 e. The first-order valence-electron chi connectivity index (χ1n) is 5.82. The third kappa shape index (κ3) is 3.41. The fraction of sp³-hybridized carbons (Fsp3) is 0.133. The smallest absolute Gasteiger partial charge is 0.182 e. The molecule has 19 heavy (non-hydrogen) atoms. The molecule has 2 aromatic carbocycles. The zero-order chi connectivity index (χ0) is 13.8. The van der Waals surface area contributed by atoms with Crippen molar-refractivity contribution >= 4 is 27.4 Å². The Balaban J connectivity index is 2.13. The summed E-state index contributed by atoms with van der Waals surface area (Å²) in [6.45, 7) is 0.136. The van der Waals surface area contributed by atoms with Crippen molar-refractivity contribution in [1.82, 2.24) is 0 Å². The average molecular weight is 322 g/mol. The molecule has 0 aliphatic rings. The van der Waals surface area contributed by atoms with Gasteiger partial charge in [0, 0.05) is 17.1 Å². The van der Waals surface area contributed by atoms with Crippen LogP contribution in [0, 0.1) is 5.82 Å². The van der Waals surface area contributed by atoms with Crippen LogP contribution in [-0.2, 0) is 0 Å². The Bertz CT molecular complexity index is 600. The topological polar surface area (TPSA) is 20.3 Å². The van der Waals surface area contributed by atoms with Crippen LogP contribution in [0.25, 0.3) is 0 Å². The summed E-state index contributed by atoms with van der Waals surface area (Å²) in [5, 5.41) is 0. The van der Waals surface area contributed by atoms with Gasteiger partial charge in [-0.2, -0.15) is 0 Å². The average Bonchev–Trinajstić information content (AvgIpc) is 2.39. The van der Waals surface area contributed by atoms with Gasteiger partial charge in [0.2, 0.25) is 0 Å². The number of likely N-dealkylation sites (N-methyl/N-ethyl adjacent to an activating group) is 1. The molecule has 2 rings (SSSR count). The number of hydrogen-bond donors (Lipinski definition) is 0. The quantitative estimate of drug-likeness (QED) is 0.796. The van der Waals surface area contributed by atoms with Crippen molar-refractivity contribution in [3.8, 4) is 0 Å². The molecule has 0 heterocycles. The van der Waals surface area contributed by atoms with Crippen molar-refractivity contribution in [2.45, 2.75) is 0 Å². The van der Waals surface area contributed by atoms with Crippen molar-refractivity contribution in [3.05, 3.63) is 64.4 Å². The molecule has 0 radical (unpaired) electrons. The third-order valence-corrected chi connectivity index (χ3v) is 3.28. The molecule has 2 aromatic rings. The van der Waals surface area contributed by atoms with E-state index in [1.165, 1.54) is 6.07 Å². The monoisotopic (exact) mass is 321 g/mol. The van der Waals surface area contributed by atoms with Gasteiger partial charge in [0.1, 0.15) is 5.82 Å². The van der Waals surface area contributed by atoms with Gasteiger partial charge in [-0.25, -0.2) is 4.39 Å². The number of ketones is 1. The molecule has 0 spiro atoms. The fourth-order valence-electron chi connectivity index (χ4n) is 1.82. The van der Waals surface area contributed by atoms with Gasteiger partial charge in [-0.3, -0.25) is 4.79 Å². The number of carbonyl (C=O) groups excluding carboxylic acids is 1. The van der Waals surface area contributed by atoms with Crippen molar-refractivity contribution in [3.63, 3.8) is 0 Å². The van der Waals surface area contributed by atoms with E-state index in [-0.39, 0.29) is 18.1 Å². The maximum absolute atomic E-state index is 13.6. The summed E-state index contributed by atoms with van der Waals surface area (Å²) in [6, 6.07) is 13.6. The summed E-state index contributed by atoms with van der Waals surface area (Å²) in [5.74, 6) is -0.376. The Kier molecular flexibility index (Phi) is 4.32. The van der Waals surface area contributed by atoms with Crippen LogP contribution in [-0.4, -0.2) is 19.4 Å². The minimum atomic E-state index is -0.327. The van der Waals surface area contributed by atoms with E-state index in [9.17, 15) is 9.18 Å². The number of rotatable bonds is 4. The summed E-state index contributed by atoms with van der Waals surface area (Å²) in [7, 11) is 1.70. The number of para-hydroxylation sites is 1. The Morgan fingerprint density at radius 2 is 1.95 bits per heavy atom. The number of hydrogen-bond acceptors (Lipinski definition) is 2. The van der Waals surface area contributed by atoms with E-state index in [1.54, 1.807) is 48.3 Å². The Labute approximate surface area is 120 Å². The summed E-state index contributed by atoms with van der Waals surface area (Å²) in [6.07, 6.45) is 0. The highest BCUT2D eigenvalue weighted by atomic mass is 79.9. The first-order chi connectivity index (χ1) is 9.08. The highest BCUT2D eigenvalue weighted by Crippen LogP contribution is 2.18. The molecular weight excluding hydrogens is 309 g/mol. The molecule has 0 aliphatic heterocycles. The first kappa shape index (κ1) is 13.7. The standard InChI is InChI=1S/C15H13BrFNO/c1-18(14-8-3-2-7-13(14)17)10-15(19)11-5-4-6-12(16)9-11/h2-9H,10H2,1H3. The minimum Gasteiger partial charge on any atom is -0.365 e. The van der Waals surface area contributed by atoms with E-state index in [2.05, 4.69) is 15.9 Å². The molecule has 98 valence electrons. The summed E-state index contributed by atoms with van der Waals surface area (Å²) < 4.78 is 14.5. The lowest BCUT2D eigenvalue weighted by molar-refractivity contribution is 0.1000. The zero-order valence-electron chi connectivity index (χ0n) is 10.4. The predicted molar refractivity (Wildman–Crippen MR) is 78.1 cm³/mol. The van der Waals surface area contributed by atoms with Gasteiger partial charge in [0.25, 0.3) is 0 Å². The minimum absolute atomic E-state index is 0.0490. The van der Waals surface area contributed by atoms with E-state index in [1.807, 2.05) is 6.07 Å². The van der Waals surface area contributed by atoms with Gasteiger partial charge in [-0.15, -0.1) is 0 Å². The van der Waals surface area contributed by atoms with Crippen molar-refractivity contribution < 1.29 is 9.18 Å². The molecule has 0 fully saturated rings. The van der Waals surface area contributed by atoms with E-state index in [0.29, 0.717) is 11.3 Å². The Morgan fingerprint density at radius 1 is 1.21 bits per heavy atom. The van der Waals surface area contributed by atoms with Crippen LogP contribution < -0.4 is 4.90 Å². The summed E-state index contributed by atoms with van der Waals surface area (Å²) in [4.78, 5) is 13.7. The second kappa shape index (κ2) is 5.97. The molecule has 0 bridgehead atoms. The van der Waals surface area contributed by atoms with Gasteiger partial charge in [-0.05, 0) is 24.3 Å². The van der Waals surface area contributed by atoms with Crippen LogP contribution in [0.1, 0.15) is 10.4 Å². The van der Waals surface area contributed by atoms with Crippen molar-refractivity contribution in [2.75, 3.05) is 18.5 Å². The highest BCUT2D eigenvalue weighted by molar-refractivity contribution is 9.10. The Hall–Kier alpha value is -1.68. The highest BCUT2D eigenvalue weighted by Gasteiger charge is 2.12. The number of benzene rings is 2. The van der Waals surface area contributed by atoms with Gasteiger partial charge in [0.15, 0.2) is 5.78 Å². The number of carbonyl (C=O) groups is 1. The maximum Gasteiger partial charge on any atom is 0.182 e. The van der Waals surface area contributed by atoms with Gasteiger partial charge >= 0.3 is 0 Å².